The van der Waals surface area contributed by atoms with Gasteiger partial charge in [-0.2, -0.15) is 0 Å². The van der Waals surface area contributed by atoms with Crippen LogP contribution in [-0.4, -0.2) is 37.2 Å². The van der Waals surface area contributed by atoms with Gasteiger partial charge >= 0.3 is 11.6 Å². The molecule has 1 N–H and O–H groups in total. The Morgan fingerprint density at radius 1 is 0.844 bits per heavy atom. The summed E-state index contributed by atoms with van der Waals surface area (Å²) < 4.78 is 22.0. The minimum atomic E-state index is -1.11. The van der Waals surface area contributed by atoms with Gasteiger partial charge in [-0.25, -0.2) is 9.59 Å². The summed E-state index contributed by atoms with van der Waals surface area (Å²) in [7, 11) is 2.94. The second-order valence-electron chi connectivity index (χ2n) is 10.6. The van der Waals surface area contributed by atoms with Crippen LogP contribution in [0.1, 0.15) is 39.2 Å². The number of hydrogen-bond donors (Lipinski definition) is 1. The second-order valence-corrected chi connectivity index (χ2v) is 11.1. The lowest BCUT2D eigenvalue weighted by molar-refractivity contribution is -0.145. The van der Waals surface area contributed by atoms with E-state index in [0.717, 1.165) is 16.7 Å². The lowest BCUT2D eigenvalue weighted by Gasteiger charge is -2.19. The minimum Gasteiger partial charge on any atom is -0.493 e. The first-order valence-electron chi connectivity index (χ1n) is 14.2. The van der Waals surface area contributed by atoms with E-state index in [4.69, 9.17) is 30.2 Å². The number of fused-ring (bicyclic) bond motifs is 1. The highest BCUT2D eigenvalue weighted by atomic mass is 35.5. The van der Waals surface area contributed by atoms with Crippen molar-refractivity contribution in [2.45, 2.75) is 32.8 Å². The molecule has 45 heavy (non-hydrogen) atoms. The average molecular weight is 627 g/mol. The molecular formula is C36H31ClO8. The summed E-state index contributed by atoms with van der Waals surface area (Å²) in [5.41, 5.74) is 3.78. The van der Waals surface area contributed by atoms with Crippen LogP contribution < -0.4 is 19.8 Å². The number of methoxy groups -OCH3 is 2. The van der Waals surface area contributed by atoms with Gasteiger partial charge in [0.15, 0.2) is 23.4 Å². The van der Waals surface area contributed by atoms with Gasteiger partial charge in [0, 0.05) is 10.6 Å². The number of aryl methyl sites for hydroxylation is 3. The molecule has 0 bridgehead atoms. The number of carbonyl (C=O) groups is 2. The molecule has 0 spiro atoms. The van der Waals surface area contributed by atoms with E-state index in [1.165, 1.54) is 26.4 Å². The molecular weight excluding hydrogens is 596 g/mol. The number of carbonyl (C=O) groups excluding carboxylic acids is 1. The third kappa shape index (κ3) is 6.86. The summed E-state index contributed by atoms with van der Waals surface area (Å²) in [5.74, 6) is -0.573. The Bertz CT molecular complexity index is 1920. The number of ether oxygens (including phenoxy) is 3. The molecule has 0 aliphatic rings. The van der Waals surface area contributed by atoms with Crippen LogP contribution in [0.2, 0.25) is 5.02 Å². The van der Waals surface area contributed by atoms with Crippen LogP contribution in [-0.2, 0) is 11.2 Å². The van der Waals surface area contributed by atoms with E-state index in [1.807, 2.05) is 48.5 Å². The van der Waals surface area contributed by atoms with Crippen molar-refractivity contribution in [1.29, 1.82) is 0 Å². The Morgan fingerprint density at radius 2 is 1.42 bits per heavy atom. The monoisotopic (exact) mass is 626 g/mol. The zero-order valence-electron chi connectivity index (χ0n) is 25.2. The smallest absolute Gasteiger partial charge is 0.344 e. The van der Waals surface area contributed by atoms with E-state index in [0.29, 0.717) is 45.2 Å². The number of carboxylic acids is 1. The normalized spacial score (nSPS) is 11.7. The molecule has 1 atom stereocenters. The fraction of sp³-hybridized carbons (Fsp3) is 0.194. The third-order valence-corrected chi connectivity index (χ3v) is 7.83. The number of ketones is 1. The number of rotatable bonds is 11. The zero-order valence-corrected chi connectivity index (χ0v) is 25.9. The van der Waals surface area contributed by atoms with E-state index in [-0.39, 0.29) is 23.1 Å². The van der Waals surface area contributed by atoms with Crippen molar-refractivity contribution in [2.75, 3.05) is 14.2 Å². The molecule has 1 aromatic heterocycles. The van der Waals surface area contributed by atoms with Crippen molar-refractivity contribution >= 4 is 34.1 Å². The molecule has 0 saturated heterocycles. The van der Waals surface area contributed by atoms with Gasteiger partial charge in [0.05, 0.1) is 19.6 Å². The first-order chi connectivity index (χ1) is 21.6. The summed E-state index contributed by atoms with van der Waals surface area (Å²) in [6.07, 6.45) is -0.374. The Morgan fingerprint density at radius 3 is 2.00 bits per heavy atom. The molecule has 0 amide bonds. The van der Waals surface area contributed by atoms with E-state index in [1.54, 1.807) is 32.0 Å². The van der Waals surface area contributed by atoms with Gasteiger partial charge in [0.1, 0.15) is 5.75 Å². The highest BCUT2D eigenvalue weighted by Crippen LogP contribution is 2.32. The molecule has 5 rings (SSSR count). The topological polar surface area (TPSA) is 112 Å². The molecule has 0 fully saturated rings. The van der Waals surface area contributed by atoms with Crippen molar-refractivity contribution < 1.29 is 33.3 Å². The fourth-order valence-electron chi connectivity index (χ4n) is 5.22. The van der Waals surface area contributed by atoms with Gasteiger partial charge in [-0.3, -0.25) is 4.79 Å². The highest BCUT2D eigenvalue weighted by molar-refractivity contribution is 6.30. The third-order valence-electron chi connectivity index (χ3n) is 7.57. The molecule has 0 aliphatic carbocycles. The van der Waals surface area contributed by atoms with Crippen LogP contribution in [0.5, 0.6) is 17.2 Å². The van der Waals surface area contributed by atoms with Gasteiger partial charge in [0.2, 0.25) is 5.78 Å². The van der Waals surface area contributed by atoms with Crippen LogP contribution in [0.15, 0.2) is 88.1 Å². The molecule has 230 valence electrons. The lowest BCUT2D eigenvalue weighted by atomic mass is 10.00. The Hall–Kier alpha value is -5.08. The Kier molecular flexibility index (Phi) is 9.25. The second kappa shape index (κ2) is 13.3. The average Bonchev–Trinajstić information content (AvgIpc) is 3.03. The van der Waals surface area contributed by atoms with Crippen molar-refractivity contribution in [1.82, 2.24) is 0 Å². The van der Waals surface area contributed by atoms with E-state index in [9.17, 15) is 19.5 Å². The SMILES string of the molecule is COc1cc2cc(C(=O)c3cc(C)c(OC(CCc4ccc(-c5ccc(Cl)cc5)cc4)C(=O)O)c(C)c3)oc(=O)c2cc1OC. The van der Waals surface area contributed by atoms with Crippen molar-refractivity contribution in [3.05, 3.63) is 122 Å². The van der Waals surface area contributed by atoms with E-state index >= 15 is 0 Å². The standard InChI is InChI=1S/C36H31ClO8/c1-20-15-26(33(38)32-18-25-17-30(42-3)31(43-4)19-28(25)36(41)45-32)16-21(2)34(20)44-29(35(39)40)14-7-22-5-8-23(9-6-22)24-10-12-27(37)13-11-24/h5-6,8-13,15-19,29H,7,14H2,1-4H3,(H,39,40). The number of hydrogen-bond acceptors (Lipinski definition) is 7. The first-order valence-corrected chi connectivity index (χ1v) is 14.6. The predicted molar refractivity (Wildman–Crippen MR) is 172 cm³/mol. The zero-order chi connectivity index (χ0) is 32.2. The molecule has 0 saturated carbocycles. The molecule has 4 aromatic carbocycles. The molecule has 9 heteroatoms. The summed E-state index contributed by atoms with van der Waals surface area (Å²) in [6, 6.07) is 23.3. The van der Waals surface area contributed by atoms with Gasteiger partial charge < -0.3 is 23.7 Å². The molecule has 8 nitrogen and oxygen atoms in total. The molecule has 1 heterocycles. The maximum absolute atomic E-state index is 13.4. The number of halogens is 1. The summed E-state index contributed by atoms with van der Waals surface area (Å²) in [6.45, 7) is 3.47. The van der Waals surface area contributed by atoms with E-state index < -0.39 is 23.5 Å². The molecule has 0 radical (unpaired) electrons. The predicted octanol–water partition coefficient (Wildman–Crippen LogP) is 7.44. The van der Waals surface area contributed by atoms with Crippen LogP contribution >= 0.6 is 11.6 Å². The largest absolute Gasteiger partial charge is 0.493 e. The number of carboxylic acid groups (broad SMARTS) is 1. The van der Waals surface area contributed by atoms with E-state index in [2.05, 4.69) is 0 Å². The van der Waals surface area contributed by atoms with Gasteiger partial charge in [0.25, 0.3) is 0 Å². The molecule has 1 unspecified atom stereocenters. The van der Waals surface area contributed by atoms with Crippen molar-refractivity contribution in [2.24, 2.45) is 0 Å². The summed E-state index contributed by atoms with van der Waals surface area (Å²) in [4.78, 5) is 38.3. The first kappa shape index (κ1) is 31.3. The van der Waals surface area contributed by atoms with Crippen LogP contribution in [0, 0.1) is 13.8 Å². The van der Waals surface area contributed by atoms with Gasteiger partial charge in [-0.05, 0) is 102 Å². The van der Waals surface area contributed by atoms with Gasteiger partial charge in [-0.1, -0.05) is 48.0 Å². The minimum absolute atomic E-state index is 0.141. The quantitative estimate of drug-likeness (QED) is 0.151. The van der Waals surface area contributed by atoms with Crippen LogP contribution in [0.4, 0.5) is 0 Å². The summed E-state index contributed by atoms with van der Waals surface area (Å²) >= 11 is 5.99. The maximum Gasteiger partial charge on any atom is 0.344 e. The fourth-order valence-corrected chi connectivity index (χ4v) is 5.34. The number of benzene rings is 4. The maximum atomic E-state index is 13.4. The molecule has 0 aliphatic heterocycles. The highest BCUT2D eigenvalue weighted by Gasteiger charge is 2.23. The molecule has 5 aromatic rings. The Balaban J connectivity index is 1.32. The summed E-state index contributed by atoms with van der Waals surface area (Å²) in [5, 5.41) is 11.3. The number of aliphatic carboxylic acids is 1. The van der Waals surface area contributed by atoms with Gasteiger partial charge in [-0.15, -0.1) is 0 Å². The Labute approximate surface area is 264 Å². The van der Waals surface area contributed by atoms with Crippen molar-refractivity contribution in [3.8, 4) is 28.4 Å². The van der Waals surface area contributed by atoms with Crippen molar-refractivity contribution in [3.63, 3.8) is 0 Å². The lowest BCUT2D eigenvalue weighted by Crippen LogP contribution is -2.28. The van der Waals surface area contributed by atoms with Crippen LogP contribution in [0.25, 0.3) is 21.9 Å². The van der Waals surface area contributed by atoms with Crippen LogP contribution in [0.3, 0.4) is 0 Å².